The van der Waals surface area contributed by atoms with E-state index in [1.165, 1.54) is 11.1 Å². The molecule has 0 aromatic rings. The van der Waals surface area contributed by atoms with Crippen molar-refractivity contribution in [3.05, 3.63) is 11.1 Å². The molecule has 0 unspecified atom stereocenters. The maximum absolute atomic E-state index is 12.0. The van der Waals surface area contributed by atoms with Gasteiger partial charge < -0.3 is 10.6 Å². The minimum atomic E-state index is -0.351. The van der Waals surface area contributed by atoms with Crippen LogP contribution in [0.1, 0.15) is 34.1 Å². The molecule has 1 rings (SSSR count). The molecule has 0 spiro atoms. The molecule has 0 bridgehead atoms. The molecule has 86 valence electrons. The van der Waals surface area contributed by atoms with Crippen molar-refractivity contribution in [2.75, 3.05) is 13.1 Å². The van der Waals surface area contributed by atoms with Crippen LogP contribution in [0.3, 0.4) is 0 Å². The first-order valence-electron chi connectivity index (χ1n) is 5.63. The van der Waals surface area contributed by atoms with Gasteiger partial charge in [0.25, 0.3) is 0 Å². The van der Waals surface area contributed by atoms with Crippen LogP contribution >= 0.6 is 0 Å². The van der Waals surface area contributed by atoms with E-state index in [0.29, 0.717) is 0 Å². The third-order valence-corrected chi connectivity index (χ3v) is 3.23. The Bertz CT molecular complexity index is 281. The SMILES string of the molecule is CC1=C(C)CN(C(=O)[C@@H](N)C(C)C)CC1. The first kappa shape index (κ1) is 12.2. The third kappa shape index (κ3) is 2.81. The van der Waals surface area contributed by atoms with Gasteiger partial charge in [0.15, 0.2) is 0 Å². The molecule has 2 N–H and O–H groups in total. The quantitative estimate of drug-likeness (QED) is 0.703. The maximum Gasteiger partial charge on any atom is 0.240 e. The Morgan fingerprint density at radius 1 is 1.33 bits per heavy atom. The van der Waals surface area contributed by atoms with E-state index in [-0.39, 0.29) is 17.9 Å². The summed E-state index contributed by atoms with van der Waals surface area (Å²) in [6.07, 6.45) is 0.988. The van der Waals surface area contributed by atoms with Crippen molar-refractivity contribution in [1.82, 2.24) is 4.90 Å². The highest BCUT2D eigenvalue weighted by Crippen LogP contribution is 2.18. The third-order valence-electron chi connectivity index (χ3n) is 3.23. The Kier molecular flexibility index (Phi) is 3.91. The fourth-order valence-corrected chi connectivity index (χ4v) is 1.70. The Morgan fingerprint density at radius 2 is 1.93 bits per heavy atom. The maximum atomic E-state index is 12.0. The molecule has 1 aliphatic heterocycles. The van der Waals surface area contributed by atoms with Gasteiger partial charge in [-0.2, -0.15) is 0 Å². The van der Waals surface area contributed by atoms with Crippen molar-refractivity contribution in [1.29, 1.82) is 0 Å². The van der Waals surface area contributed by atoms with Gasteiger partial charge in [-0.1, -0.05) is 25.0 Å². The standard InChI is InChI=1S/C12H22N2O/c1-8(2)11(13)12(15)14-6-5-9(3)10(4)7-14/h8,11H,5-7,13H2,1-4H3/t11-/m0/s1. The van der Waals surface area contributed by atoms with Gasteiger partial charge in [-0.15, -0.1) is 0 Å². The Hall–Kier alpha value is -0.830. The minimum absolute atomic E-state index is 0.0943. The normalized spacial score (nSPS) is 19.7. The molecule has 0 saturated heterocycles. The number of carbonyl (C=O) groups excluding carboxylic acids is 1. The fraction of sp³-hybridized carbons (Fsp3) is 0.750. The molecule has 3 heteroatoms. The van der Waals surface area contributed by atoms with E-state index in [9.17, 15) is 4.79 Å². The lowest BCUT2D eigenvalue weighted by Gasteiger charge is -2.31. The summed E-state index contributed by atoms with van der Waals surface area (Å²) in [6.45, 7) is 9.78. The van der Waals surface area contributed by atoms with Crippen LogP contribution in [0, 0.1) is 5.92 Å². The molecule has 0 aromatic heterocycles. The van der Waals surface area contributed by atoms with Crippen molar-refractivity contribution in [2.24, 2.45) is 11.7 Å². The monoisotopic (exact) mass is 210 g/mol. The highest BCUT2D eigenvalue weighted by atomic mass is 16.2. The minimum Gasteiger partial charge on any atom is -0.337 e. The molecule has 15 heavy (non-hydrogen) atoms. The van der Waals surface area contributed by atoms with Crippen LogP contribution < -0.4 is 5.73 Å². The van der Waals surface area contributed by atoms with E-state index in [1.807, 2.05) is 18.7 Å². The van der Waals surface area contributed by atoms with Gasteiger partial charge in [0.1, 0.15) is 0 Å². The van der Waals surface area contributed by atoms with Gasteiger partial charge in [0.05, 0.1) is 6.04 Å². The number of rotatable bonds is 2. The zero-order valence-corrected chi connectivity index (χ0v) is 10.2. The second-order valence-electron chi connectivity index (χ2n) is 4.84. The van der Waals surface area contributed by atoms with E-state index < -0.39 is 0 Å². The summed E-state index contributed by atoms with van der Waals surface area (Å²) in [5.74, 6) is 0.307. The van der Waals surface area contributed by atoms with E-state index in [0.717, 1.165) is 19.5 Å². The van der Waals surface area contributed by atoms with Gasteiger partial charge >= 0.3 is 0 Å². The van der Waals surface area contributed by atoms with Crippen molar-refractivity contribution in [2.45, 2.75) is 40.2 Å². The van der Waals surface area contributed by atoms with E-state index in [1.54, 1.807) is 0 Å². The van der Waals surface area contributed by atoms with Gasteiger partial charge in [0, 0.05) is 13.1 Å². The smallest absolute Gasteiger partial charge is 0.240 e. The highest BCUT2D eigenvalue weighted by Gasteiger charge is 2.25. The molecular weight excluding hydrogens is 188 g/mol. The van der Waals surface area contributed by atoms with Crippen LogP contribution in [0.4, 0.5) is 0 Å². The molecule has 3 nitrogen and oxygen atoms in total. The first-order chi connectivity index (χ1) is 6.93. The molecule has 0 fully saturated rings. The van der Waals surface area contributed by atoms with Crippen LogP contribution in [0.5, 0.6) is 0 Å². The Morgan fingerprint density at radius 3 is 2.40 bits per heavy atom. The van der Waals surface area contributed by atoms with Crippen molar-refractivity contribution in [3.8, 4) is 0 Å². The Labute approximate surface area is 92.3 Å². The van der Waals surface area contributed by atoms with Crippen molar-refractivity contribution >= 4 is 5.91 Å². The number of carbonyl (C=O) groups is 1. The van der Waals surface area contributed by atoms with E-state index in [2.05, 4.69) is 13.8 Å². The largest absolute Gasteiger partial charge is 0.337 e. The lowest BCUT2D eigenvalue weighted by molar-refractivity contribution is -0.133. The Balaban J connectivity index is 2.64. The van der Waals surface area contributed by atoms with Crippen LogP contribution in [0.25, 0.3) is 0 Å². The highest BCUT2D eigenvalue weighted by molar-refractivity contribution is 5.82. The number of nitrogens with zero attached hydrogens (tertiary/aromatic N) is 1. The summed E-state index contributed by atoms with van der Waals surface area (Å²) in [4.78, 5) is 13.9. The zero-order valence-electron chi connectivity index (χ0n) is 10.2. The van der Waals surface area contributed by atoms with Gasteiger partial charge in [0.2, 0.25) is 5.91 Å². The summed E-state index contributed by atoms with van der Waals surface area (Å²) in [7, 11) is 0. The summed E-state index contributed by atoms with van der Waals surface area (Å²) in [5.41, 5.74) is 8.59. The van der Waals surface area contributed by atoms with Crippen LogP contribution in [0.2, 0.25) is 0 Å². The zero-order chi connectivity index (χ0) is 11.6. The molecule has 0 saturated carbocycles. The predicted octanol–water partition coefficient (Wildman–Crippen LogP) is 1.54. The van der Waals surface area contributed by atoms with Crippen molar-refractivity contribution in [3.63, 3.8) is 0 Å². The molecule has 0 aromatic carbocycles. The molecule has 1 amide bonds. The first-order valence-corrected chi connectivity index (χ1v) is 5.63. The average Bonchev–Trinajstić information content (AvgIpc) is 2.19. The lowest BCUT2D eigenvalue weighted by Crippen LogP contribution is -2.48. The molecule has 1 atom stereocenters. The second kappa shape index (κ2) is 4.79. The lowest BCUT2D eigenvalue weighted by atomic mass is 9.99. The number of nitrogens with two attached hydrogens (primary N) is 1. The second-order valence-corrected chi connectivity index (χ2v) is 4.84. The molecule has 0 aliphatic carbocycles. The number of hydrogen-bond donors (Lipinski definition) is 1. The number of amides is 1. The van der Waals surface area contributed by atoms with Crippen molar-refractivity contribution < 1.29 is 4.79 Å². The number of hydrogen-bond acceptors (Lipinski definition) is 2. The molecular formula is C12H22N2O. The van der Waals surface area contributed by atoms with E-state index >= 15 is 0 Å². The summed E-state index contributed by atoms with van der Waals surface area (Å²) < 4.78 is 0. The van der Waals surface area contributed by atoms with Crippen LogP contribution in [0.15, 0.2) is 11.1 Å². The van der Waals surface area contributed by atoms with Gasteiger partial charge in [-0.25, -0.2) is 0 Å². The fourth-order valence-electron chi connectivity index (χ4n) is 1.70. The van der Waals surface area contributed by atoms with E-state index in [4.69, 9.17) is 5.73 Å². The molecule has 1 heterocycles. The van der Waals surface area contributed by atoms with Gasteiger partial charge in [-0.05, 0) is 26.2 Å². The molecule has 0 radical (unpaired) electrons. The molecule has 1 aliphatic rings. The van der Waals surface area contributed by atoms with Gasteiger partial charge in [-0.3, -0.25) is 4.79 Å². The topological polar surface area (TPSA) is 46.3 Å². The van der Waals surface area contributed by atoms with Crippen LogP contribution in [-0.2, 0) is 4.79 Å². The average molecular weight is 210 g/mol. The summed E-state index contributed by atoms with van der Waals surface area (Å²) in [5, 5.41) is 0. The predicted molar refractivity (Wildman–Crippen MR) is 62.4 cm³/mol. The summed E-state index contributed by atoms with van der Waals surface area (Å²) in [6, 6.07) is -0.351. The van der Waals surface area contributed by atoms with Crippen LogP contribution in [-0.4, -0.2) is 29.9 Å². The summed E-state index contributed by atoms with van der Waals surface area (Å²) >= 11 is 0.